The molecule has 1 saturated heterocycles. The van der Waals surface area contributed by atoms with E-state index in [1.54, 1.807) is 18.7 Å². The van der Waals surface area contributed by atoms with Crippen molar-refractivity contribution in [1.82, 2.24) is 8.01 Å². The molecule has 0 N–H and O–H groups in total. The number of piperazine rings is 1. The number of esters is 1. The molecule has 7 heteroatoms. The maximum atomic E-state index is 13.2. The molecule has 0 aliphatic carbocycles. The van der Waals surface area contributed by atoms with Gasteiger partial charge < -0.3 is 9.64 Å². The minimum Gasteiger partial charge on any atom is -0.460 e. The molecule has 1 fully saturated rings. The lowest BCUT2D eigenvalue weighted by Gasteiger charge is -2.39. The van der Waals surface area contributed by atoms with E-state index >= 15 is 0 Å². The second-order valence-electron chi connectivity index (χ2n) is 8.13. The molecule has 0 bridgehead atoms. The number of hydrogen-bond acceptors (Lipinski definition) is 5. The molecule has 1 aromatic rings. The van der Waals surface area contributed by atoms with Crippen molar-refractivity contribution in [2.45, 2.75) is 46.8 Å². The smallest absolute Gasteiger partial charge is 0.319 e. The number of nitrogens with zero attached hydrogens (tertiary/aromatic N) is 2. The molecular weight excluding hydrogens is 471 g/mol. The third-order valence-electron chi connectivity index (χ3n) is 4.89. The van der Waals surface area contributed by atoms with Gasteiger partial charge in [0.25, 0.3) is 0 Å². The summed E-state index contributed by atoms with van der Waals surface area (Å²) in [6, 6.07) is 8.85. The Morgan fingerprint density at radius 1 is 1.18 bits per heavy atom. The Morgan fingerprint density at radius 2 is 1.82 bits per heavy atom. The van der Waals surface area contributed by atoms with Crippen LogP contribution in [0.1, 0.15) is 39.7 Å². The van der Waals surface area contributed by atoms with Crippen LogP contribution in [0.4, 0.5) is 0 Å². The van der Waals surface area contributed by atoms with Crippen molar-refractivity contribution in [2.24, 2.45) is 11.3 Å². The van der Waals surface area contributed by atoms with Crippen LogP contribution in [0.25, 0.3) is 0 Å². The summed E-state index contributed by atoms with van der Waals surface area (Å²) >= 11 is 2.11. The second kappa shape index (κ2) is 9.82. The van der Waals surface area contributed by atoms with Crippen LogP contribution in [0.5, 0.6) is 0 Å². The molecule has 6 nitrogen and oxygen atoms in total. The number of amides is 1. The van der Waals surface area contributed by atoms with Gasteiger partial charge in [-0.15, -0.1) is 0 Å². The number of halogens is 1. The molecule has 1 aliphatic heterocycles. The van der Waals surface area contributed by atoms with Crippen LogP contribution < -0.4 is 0 Å². The maximum absolute atomic E-state index is 13.2. The highest BCUT2D eigenvalue weighted by Gasteiger charge is 2.45. The average molecular weight is 500 g/mol. The molecular formula is C21H29IN2O4. The van der Waals surface area contributed by atoms with E-state index < -0.39 is 17.4 Å². The third-order valence-corrected chi connectivity index (χ3v) is 6.05. The number of hydrogen-bond donors (Lipinski definition) is 0. The summed E-state index contributed by atoms with van der Waals surface area (Å²) < 4.78 is 7.30. The van der Waals surface area contributed by atoms with Crippen LogP contribution in [0, 0.1) is 11.3 Å². The summed E-state index contributed by atoms with van der Waals surface area (Å²) in [5.41, 5.74) is -0.412. The molecule has 0 unspecified atom stereocenters. The Hall–Kier alpha value is -1.48. The van der Waals surface area contributed by atoms with Crippen molar-refractivity contribution in [3.63, 3.8) is 0 Å². The summed E-state index contributed by atoms with van der Waals surface area (Å²) in [5, 5.41) is 0. The first-order valence-electron chi connectivity index (χ1n) is 9.58. The van der Waals surface area contributed by atoms with E-state index in [1.165, 1.54) is 0 Å². The van der Waals surface area contributed by atoms with Crippen molar-refractivity contribution in [3.05, 3.63) is 35.9 Å². The maximum Gasteiger partial charge on any atom is 0.319 e. The molecule has 0 aromatic heterocycles. The molecule has 28 heavy (non-hydrogen) atoms. The van der Waals surface area contributed by atoms with Gasteiger partial charge in [0.2, 0.25) is 5.91 Å². The molecule has 1 aromatic carbocycles. The summed E-state index contributed by atoms with van der Waals surface area (Å²) in [6.45, 7) is 8.83. The van der Waals surface area contributed by atoms with Crippen LogP contribution in [-0.4, -0.2) is 51.3 Å². The van der Waals surface area contributed by atoms with Crippen molar-refractivity contribution in [2.75, 3.05) is 19.6 Å². The Balaban J connectivity index is 2.03. The molecule has 1 heterocycles. The average Bonchev–Trinajstić information content (AvgIpc) is 2.66. The Labute approximate surface area is 181 Å². The standard InChI is InChI=1S/C21H29IN2O4/c1-15(2)12-18(25)23-10-11-24(22)17(13-23)19(26)21(3,4)20(27)28-14-16-8-6-5-7-9-16/h5-9,15,17H,10-14H2,1-4H3/t17-/m0/s1. The van der Waals surface area contributed by atoms with Gasteiger partial charge in [0, 0.05) is 48.9 Å². The number of ketones is 1. The summed E-state index contributed by atoms with van der Waals surface area (Å²) in [6.07, 6.45) is 0.463. The molecule has 1 atom stereocenters. The number of rotatable bonds is 7. The molecule has 154 valence electrons. The van der Waals surface area contributed by atoms with E-state index in [2.05, 4.69) is 22.9 Å². The summed E-state index contributed by atoms with van der Waals surface area (Å²) in [4.78, 5) is 40.0. The first kappa shape index (κ1) is 22.8. The molecule has 0 radical (unpaired) electrons. The van der Waals surface area contributed by atoms with Gasteiger partial charge in [-0.25, -0.2) is 3.11 Å². The topological polar surface area (TPSA) is 66.9 Å². The van der Waals surface area contributed by atoms with Crippen LogP contribution in [0.2, 0.25) is 0 Å². The monoisotopic (exact) mass is 500 g/mol. The predicted molar refractivity (Wildman–Crippen MR) is 116 cm³/mol. The number of benzene rings is 1. The lowest BCUT2D eigenvalue weighted by molar-refractivity contribution is -0.161. The zero-order valence-corrected chi connectivity index (χ0v) is 19.1. The van der Waals surface area contributed by atoms with Crippen LogP contribution in [-0.2, 0) is 25.7 Å². The van der Waals surface area contributed by atoms with Crippen LogP contribution in [0.15, 0.2) is 30.3 Å². The second-order valence-corrected chi connectivity index (χ2v) is 9.37. The quantitative estimate of drug-likeness (QED) is 0.249. The number of carbonyl (C=O) groups is 3. The van der Waals surface area contributed by atoms with Gasteiger partial charge in [0.05, 0.1) is 6.04 Å². The SMILES string of the molecule is CC(C)CC(=O)N1CCN(I)[C@H](C(=O)C(C)(C)C(=O)OCc2ccccc2)C1. The van der Waals surface area contributed by atoms with E-state index in [9.17, 15) is 14.4 Å². The van der Waals surface area contributed by atoms with E-state index in [0.717, 1.165) is 5.56 Å². The highest BCUT2D eigenvalue weighted by Crippen LogP contribution is 2.27. The molecule has 0 spiro atoms. The minimum absolute atomic E-state index is 0.0572. The predicted octanol–water partition coefficient (Wildman–Crippen LogP) is 3.23. The van der Waals surface area contributed by atoms with Crippen LogP contribution in [0.3, 0.4) is 0 Å². The van der Waals surface area contributed by atoms with Gasteiger partial charge in [0.15, 0.2) is 5.78 Å². The first-order valence-corrected chi connectivity index (χ1v) is 10.5. The normalized spacial score (nSPS) is 18.2. The fourth-order valence-corrected chi connectivity index (χ4v) is 3.74. The fraction of sp³-hybridized carbons (Fsp3) is 0.571. The lowest BCUT2D eigenvalue weighted by Crippen LogP contribution is -2.58. The first-order chi connectivity index (χ1) is 13.1. The van der Waals surface area contributed by atoms with E-state index in [1.807, 2.05) is 47.3 Å². The Kier molecular flexibility index (Phi) is 8.00. The Morgan fingerprint density at radius 3 is 2.43 bits per heavy atom. The van der Waals surface area contributed by atoms with Gasteiger partial charge in [-0.3, -0.25) is 14.4 Å². The molecule has 1 aliphatic rings. The number of carbonyl (C=O) groups excluding carboxylic acids is 3. The summed E-state index contributed by atoms with van der Waals surface area (Å²) in [5.74, 6) is -0.441. The molecule has 1 amide bonds. The zero-order chi connectivity index (χ0) is 20.9. The highest BCUT2D eigenvalue weighted by atomic mass is 127. The summed E-state index contributed by atoms with van der Waals surface area (Å²) in [7, 11) is 0. The molecule has 0 saturated carbocycles. The van der Waals surface area contributed by atoms with Crippen molar-refractivity contribution in [3.8, 4) is 0 Å². The third kappa shape index (κ3) is 5.76. The largest absolute Gasteiger partial charge is 0.460 e. The minimum atomic E-state index is -1.28. The van der Waals surface area contributed by atoms with Crippen molar-refractivity contribution in [1.29, 1.82) is 0 Å². The highest BCUT2D eigenvalue weighted by molar-refractivity contribution is 14.1. The van der Waals surface area contributed by atoms with Gasteiger partial charge in [-0.2, -0.15) is 0 Å². The van der Waals surface area contributed by atoms with Crippen molar-refractivity contribution >= 4 is 40.5 Å². The zero-order valence-electron chi connectivity index (χ0n) is 17.0. The van der Waals surface area contributed by atoms with E-state index in [0.29, 0.717) is 26.1 Å². The van der Waals surface area contributed by atoms with E-state index in [4.69, 9.17) is 4.74 Å². The molecule has 2 rings (SSSR count). The van der Waals surface area contributed by atoms with Crippen LogP contribution >= 0.6 is 22.9 Å². The van der Waals surface area contributed by atoms with Gasteiger partial charge in [0.1, 0.15) is 12.0 Å². The Bertz CT molecular complexity index is 706. The fourth-order valence-electron chi connectivity index (χ4n) is 3.10. The van der Waals surface area contributed by atoms with E-state index in [-0.39, 0.29) is 24.2 Å². The van der Waals surface area contributed by atoms with Gasteiger partial charge in [-0.1, -0.05) is 44.2 Å². The number of ether oxygens (including phenoxy) is 1. The van der Waals surface area contributed by atoms with Gasteiger partial charge in [-0.05, 0) is 25.3 Å². The van der Waals surface area contributed by atoms with Crippen molar-refractivity contribution < 1.29 is 19.1 Å². The lowest BCUT2D eigenvalue weighted by atomic mass is 9.83. The number of Topliss-reactive ketones (excluding diaryl/α,β-unsaturated/α-hetero) is 1. The van der Waals surface area contributed by atoms with Gasteiger partial charge >= 0.3 is 5.97 Å².